The van der Waals surface area contributed by atoms with Gasteiger partial charge >= 0.3 is 0 Å². The molecule has 0 spiro atoms. The number of imidazole rings is 2. The first kappa shape index (κ1) is 59.9. The van der Waals surface area contributed by atoms with Crippen LogP contribution in [-0.4, -0.2) is 19.1 Å². The number of furan rings is 2. The molecule has 0 amide bonds. The molecular formula is C88H56Ir2N4O2-2. The molecule has 0 atom stereocenters. The normalized spacial score (nSPS) is 11.5. The summed E-state index contributed by atoms with van der Waals surface area (Å²) >= 11 is 0. The van der Waals surface area contributed by atoms with E-state index in [1.54, 1.807) is 0 Å². The molecule has 0 fully saturated rings. The summed E-state index contributed by atoms with van der Waals surface area (Å²) in [5.41, 5.74) is 28.2. The Balaban J connectivity index is 0.00000362. The van der Waals surface area contributed by atoms with Crippen LogP contribution in [0.4, 0.5) is 0 Å². The van der Waals surface area contributed by atoms with Crippen LogP contribution >= 0.6 is 0 Å². The minimum absolute atomic E-state index is 0. The molecule has 4 aromatic heterocycles. The van der Waals surface area contributed by atoms with E-state index >= 15 is 0 Å². The van der Waals surface area contributed by atoms with Gasteiger partial charge in [-0.3, -0.25) is 9.97 Å². The van der Waals surface area contributed by atoms with Gasteiger partial charge in [-0.25, -0.2) is 0 Å². The van der Waals surface area contributed by atoms with Crippen LogP contribution in [0.15, 0.2) is 312 Å². The van der Waals surface area contributed by atoms with Crippen LogP contribution in [0.1, 0.15) is 11.1 Å². The minimum Gasteiger partial charge on any atom is -0.455 e. The number of fused-ring (bicyclic) bond motifs is 8. The van der Waals surface area contributed by atoms with Crippen molar-refractivity contribution < 1.29 is 49.0 Å². The van der Waals surface area contributed by atoms with Crippen molar-refractivity contribution in [2.24, 2.45) is 0 Å². The molecule has 6 nitrogen and oxygen atoms in total. The molecule has 0 unspecified atom stereocenters. The van der Waals surface area contributed by atoms with Crippen LogP contribution in [0, 0.1) is 26.0 Å². The smallest absolute Gasteiger partial charge is 0.143 e. The van der Waals surface area contributed by atoms with Crippen LogP contribution < -0.4 is 0 Å². The van der Waals surface area contributed by atoms with Crippen molar-refractivity contribution >= 4 is 65.9 Å². The van der Waals surface area contributed by atoms with E-state index < -0.39 is 0 Å². The SMILES string of the molecule is Cc1cc(C)cc(-c2c(-c3c[c-]c(-c4nc5ccccc5n4-c4ccccc4)cc3-c3ccc(-c4cccc5c4oc4ccccc45)cc3)cccc2-c2c[c-]c(-c3nc4ccccc4n3-c3ccccc3)cc2-c2ccc(-c3cccc4c3oc3ccccc34)cc2)c1.[Ir].[Ir]. The summed E-state index contributed by atoms with van der Waals surface area (Å²) in [6, 6.07) is 116. The van der Waals surface area contributed by atoms with Gasteiger partial charge in [0.05, 0.1) is 33.7 Å². The van der Waals surface area contributed by atoms with Gasteiger partial charge in [0.25, 0.3) is 0 Å². The molecule has 96 heavy (non-hydrogen) atoms. The van der Waals surface area contributed by atoms with Crippen LogP contribution in [0.3, 0.4) is 0 Å². The molecule has 18 aromatic rings. The predicted octanol–water partition coefficient (Wildman–Crippen LogP) is 23.4. The summed E-state index contributed by atoms with van der Waals surface area (Å²) in [5, 5.41) is 4.40. The van der Waals surface area contributed by atoms with E-state index in [1.165, 1.54) is 11.1 Å². The second-order valence-corrected chi connectivity index (χ2v) is 24.4. The second kappa shape index (κ2) is 24.7. The topological polar surface area (TPSA) is 61.9 Å². The van der Waals surface area contributed by atoms with Crippen molar-refractivity contribution in [3.63, 3.8) is 0 Å². The Morgan fingerprint density at radius 2 is 0.667 bits per heavy atom. The van der Waals surface area contributed by atoms with Gasteiger partial charge in [-0.05, 0) is 108 Å². The molecule has 0 aliphatic carbocycles. The molecule has 0 N–H and O–H groups in total. The number of benzene rings is 14. The molecule has 460 valence electrons. The Labute approximate surface area is 582 Å². The van der Waals surface area contributed by atoms with E-state index in [0.717, 1.165) is 178 Å². The van der Waals surface area contributed by atoms with Gasteiger partial charge < -0.3 is 18.0 Å². The number of aromatic nitrogens is 4. The van der Waals surface area contributed by atoms with Crippen molar-refractivity contribution in [1.29, 1.82) is 0 Å². The number of rotatable bonds is 11. The Morgan fingerprint density at radius 1 is 0.302 bits per heavy atom. The number of nitrogens with zero attached hydrogens (tertiary/aromatic N) is 4. The Bertz CT molecular complexity index is 5640. The largest absolute Gasteiger partial charge is 0.455 e. The summed E-state index contributed by atoms with van der Waals surface area (Å²) in [4.78, 5) is 10.8. The molecule has 4 heterocycles. The standard InChI is InChI=1S/C88H56N4O2.2Ir/c1-55-50-56(2)52-63(51-55)84-72(68-48-46-61(87-89-78-32-11-13-34-80(78)91(87)64-20-5-3-6-21-64)53-76(68)59-42-38-57(39-43-59)66-26-17-30-74-70-24-9-15-36-82(70)93-85(66)74)28-19-29-73(84)69-49-47-62(88-90-79-33-12-14-35-81(79)92(88)65-22-7-4-8-23-65)54-77(69)60-44-40-58(41-45-60)67-27-18-31-75-71-25-10-16-37-83(71)94-86(67)75;;/h3-45,48-54H,1-2H3;;/q-2;;. The summed E-state index contributed by atoms with van der Waals surface area (Å²) in [6.07, 6.45) is 0. The van der Waals surface area contributed by atoms with Crippen molar-refractivity contribution in [1.82, 2.24) is 19.1 Å². The molecule has 0 saturated heterocycles. The monoisotopic (exact) mass is 1590 g/mol. The number of hydrogen-bond donors (Lipinski definition) is 0. The molecular weight excluding hydrogens is 1530 g/mol. The maximum Gasteiger partial charge on any atom is 0.143 e. The van der Waals surface area contributed by atoms with E-state index in [1.807, 2.05) is 24.3 Å². The molecule has 0 saturated carbocycles. The van der Waals surface area contributed by atoms with Gasteiger partial charge in [0.1, 0.15) is 22.3 Å². The maximum atomic E-state index is 6.61. The summed E-state index contributed by atoms with van der Waals surface area (Å²) in [5.74, 6) is 1.61. The first-order valence-electron chi connectivity index (χ1n) is 31.8. The van der Waals surface area contributed by atoms with Crippen molar-refractivity contribution in [2.75, 3.05) is 0 Å². The fraction of sp³-hybridized carbons (Fsp3) is 0.0227. The van der Waals surface area contributed by atoms with E-state index in [4.69, 9.17) is 18.8 Å². The molecule has 14 aromatic carbocycles. The van der Waals surface area contributed by atoms with E-state index in [-0.39, 0.29) is 40.2 Å². The van der Waals surface area contributed by atoms with Gasteiger partial charge in [0, 0.05) is 84.3 Å². The summed E-state index contributed by atoms with van der Waals surface area (Å²) in [6.45, 7) is 4.39. The zero-order chi connectivity index (χ0) is 62.4. The molecule has 18 rings (SSSR count). The van der Waals surface area contributed by atoms with Gasteiger partial charge in [-0.1, -0.05) is 263 Å². The zero-order valence-corrected chi connectivity index (χ0v) is 56.9. The van der Waals surface area contributed by atoms with Gasteiger partial charge in [0.2, 0.25) is 0 Å². The third kappa shape index (κ3) is 10.3. The van der Waals surface area contributed by atoms with Gasteiger partial charge in [-0.15, -0.1) is 47.5 Å². The quantitative estimate of drug-likeness (QED) is 0.121. The van der Waals surface area contributed by atoms with Crippen LogP contribution in [0.25, 0.3) is 178 Å². The summed E-state index contributed by atoms with van der Waals surface area (Å²) < 4.78 is 17.7. The third-order valence-corrected chi connectivity index (χ3v) is 18.5. The van der Waals surface area contributed by atoms with Crippen molar-refractivity contribution in [2.45, 2.75) is 13.8 Å². The van der Waals surface area contributed by atoms with E-state index in [0.29, 0.717) is 0 Å². The Kier molecular flexibility index (Phi) is 15.4. The van der Waals surface area contributed by atoms with Crippen molar-refractivity contribution in [3.8, 4) is 112 Å². The Hall–Kier alpha value is -11.1. The minimum atomic E-state index is 0. The average molecular weight is 1590 g/mol. The first-order chi connectivity index (χ1) is 46.4. The van der Waals surface area contributed by atoms with E-state index in [2.05, 4.69) is 314 Å². The molecule has 0 aliphatic heterocycles. The van der Waals surface area contributed by atoms with Crippen molar-refractivity contribution in [3.05, 3.63) is 327 Å². The second-order valence-electron chi connectivity index (χ2n) is 24.4. The van der Waals surface area contributed by atoms with E-state index in [9.17, 15) is 0 Å². The fourth-order valence-electron chi connectivity index (χ4n) is 14.3. The number of hydrogen-bond acceptors (Lipinski definition) is 4. The molecule has 2 radical (unpaired) electrons. The number of aryl methyl sites for hydroxylation is 2. The van der Waals surface area contributed by atoms with Crippen LogP contribution in [-0.2, 0) is 40.2 Å². The molecule has 0 bridgehead atoms. The fourth-order valence-corrected chi connectivity index (χ4v) is 14.3. The first-order valence-corrected chi connectivity index (χ1v) is 31.8. The maximum absolute atomic E-state index is 6.61. The average Bonchev–Trinajstić information content (AvgIpc) is 1.11. The zero-order valence-electron chi connectivity index (χ0n) is 52.1. The summed E-state index contributed by atoms with van der Waals surface area (Å²) in [7, 11) is 0. The Morgan fingerprint density at radius 3 is 1.11 bits per heavy atom. The molecule has 8 heteroatoms. The van der Waals surface area contributed by atoms with Crippen LogP contribution in [0.5, 0.6) is 0 Å². The third-order valence-electron chi connectivity index (χ3n) is 18.5. The predicted molar refractivity (Wildman–Crippen MR) is 386 cm³/mol. The van der Waals surface area contributed by atoms with Gasteiger partial charge in [-0.2, -0.15) is 0 Å². The van der Waals surface area contributed by atoms with Gasteiger partial charge in [0.15, 0.2) is 0 Å². The number of para-hydroxylation sites is 10. The van der Waals surface area contributed by atoms with Crippen LogP contribution in [0.2, 0.25) is 0 Å². The molecule has 0 aliphatic rings.